The van der Waals surface area contributed by atoms with E-state index in [-0.39, 0.29) is 25.0 Å². The van der Waals surface area contributed by atoms with E-state index in [1.165, 1.54) is 0 Å². The summed E-state index contributed by atoms with van der Waals surface area (Å²) < 4.78 is 0. The van der Waals surface area contributed by atoms with Crippen LogP contribution in [0.5, 0.6) is 0 Å². The average molecular weight is 388 g/mol. The zero-order valence-corrected chi connectivity index (χ0v) is 15.9. The lowest BCUT2D eigenvalue weighted by atomic mass is 10.1. The fraction of sp³-hybridized carbons (Fsp3) is 0.300. The number of hydrogen-bond donors (Lipinski definition) is 1. The van der Waals surface area contributed by atoms with Crippen LogP contribution in [0.3, 0.4) is 0 Å². The Kier molecular flexibility index (Phi) is 5.98. The molecule has 2 aromatic carbocycles. The molecule has 1 fully saturated rings. The van der Waals surface area contributed by atoms with Crippen molar-refractivity contribution in [2.45, 2.75) is 0 Å². The number of carbonyl (C=O) groups is 2. The van der Waals surface area contributed by atoms with Gasteiger partial charge in [-0.2, -0.15) is 0 Å². The van der Waals surface area contributed by atoms with Crippen molar-refractivity contribution in [1.29, 1.82) is 0 Å². The summed E-state index contributed by atoms with van der Waals surface area (Å²) in [5, 5.41) is 9.58. The van der Waals surface area contributed by atoms with Crippen molar-refractivity contribution in [3.63, 3.8) is 0 Å². The zero-order chi connectivity index (χ0) is 19.4. The van der Waals surface area contributed by atoms with Gasteiger partial charge in [-0.25, -0.2) is 0 Å². The lowest BCUT2D eigenvalue weighted by Crippen LogP contribution is -2.52. The van der Waals surface area contributed by atoms with Crippen LogP contribution in [0.4, 0.5) is 11.4 Å². The van der Waals surface area contributed by atoms with Crippen LogP contribution < -0.4 is 9.80 Å². The summed E-state index contributed by atoms with van der Waals surface area (Å²) in [6.07, 6.45) is 0. The summed E-state index contributed by atoms with van der Waals surface area (Å²) in [5.74, 6) is -0.290. The second-order valence-corrected chi connectivity index (χ2v) is 6.88. The number of aliphatic hydroxyl groups is 1. The Balaban J connectivity index is 1.66. The largest absolute Gasteiger partial charge is 0.395 e. The number of halogens is 1. The summed E-state index contributed by atoms with van der Waals surface area (Å²) in [4.78, 5) is 30.4. The number of amides is 2. The number of likely N-dealkylation sites (N-methyl/N-ethyl adjacent to an activating group) is 1. The normalized spacial score (nSPS) is 14.4. The van der Waals surface area contributed by atoms with Gasteiger partial charge in [0.25, 0.3) is 5.91 Å². The molecule has 1 aliphatic rings. The van der Waals surface area contributed by atoms with Crippen LogP contribution in [-0.2, 0) is 4.79 Å². The lowest BCUT2D eigenvalue weighted by Gasteiger charge is -2.34. The summed E-state index contributed by atoms with van der Waals surface area (Å²) in [6, 6.07) is 14.3. The zero-order valence-electron chi connectivity index (χ0n) is 15.1. The number of anilines is 2. The van der Waals surface area contributed by atoms with Crippen molar-refractivity contribution in [2.75, 3.05) is 49.6 Å². The maximum atomic E-state index is 12.7. The Morgan fingerprint density at radius 2 is 1.93 bits per heavy atom. The molecule has 3 rings (SSSR count). The molecule has 1 aliphatic heterocycles. The molecule has 6 nitrogen and oxygen atoms in total. The molecule has 0 bridgehead atoms. The third kappa shape index (κ3) is 4.40. The number of nitrogens with zero attached hydrogens (tertiary/aromatic N) is 3. The number of aliphatic hydroxyl groups excluding tert-OH is 1. The first-order chi connectivity index (χ1) is 13.0. The van der Waals surface area contributed by atoms with Gasteiger partial charge in [0.2, 0.25) is 5.91 Å². The molecular formula is C20H22ClN3O3. The van der Waals surface area contributed by atoms with Crippen molar-refractivity contribution in [2.24, 2.45) is 0 Å². The maximum absolute atomic E-state index is 12.7. The molecule has 1 heterocycles. The molecule has 2 aromatic rings. The van der Waals surface area contributed by atoms with E-state index in [4.69, 9.17) is 16.7 Å². The van der Waals surface area contributed by atoms with Crippen molar-refractivity contribution in [3.05, 3.63) is 59.1 Å². The molecule has 0 aromatic heterocycles. The van der Waals surface area contributed by atoms with Gasteiger partial charge in [0.05, 0.1) is 6.61 Å². The van der Waals surface area contributed by atoms with Crippen LogP contribution in [-0.4, -0.2) is 61.7 Å². The minimum atomic E-state index is -0.162. The second kappa shape index (κ2) is 8.41. The molecule has 0 saturated carbocycles. The van der Waals surface area contributed by atoms with Gasteiger partial charge in [0, 0.05) is 48.6 Å². The molecule has 7 heteroatoms. The number of piperazine rings is 1. The molecule has 0 spiro atoms. The first kappa shape index (κ1) is 19.2. The predicted octanol–water partition coefficient (Wildman–Crippen LogP) is 2.26. The fourth-order valence-corrected chi connectivity index (χ4v) is 3.27. The van der Waals surface area contributed by atoms with Crippen LogP contribution in [0.15, 0.2) is 48.5 Å². The Hall–Kier alpha value is -2.57. The highest BCUT2D eigenvalue weighted by Crippen LogP contribution is 2.22. The Morgan fingerprint density at radius 3 is 2.56 bits per heavy atom. The first-order valence-electron chi connectivity index (χ1n) is 8.77. The Bertz CT molecular complexity index is 825. The van der Waals surface area contributed by atoms with Gasteiger partial charge in [-0.05, 0) is 42.5 Å². The molecule has 1 N–H and O–H groups in total. The van der Waals surface area contributed by atoms with Gasteiger partial charge in [0.15, 0.2) is 0 Å². The molecule has 0 aliphatic carbocycles. The standard InChI is InChI=1S/C20H22ClN3O3/c1-22(11-12-25)17-7-5-15(6-8-17)20(27)23-9-10-24(19(26)14-23)18-4-2-3-16(21)13-18/h2-8,13,25H,9-12,14H2,1H3. The topological polar surface area (TPSA) is 64.1 Å². The predicted molar refractivity (Wildman–Crippen MR) is 107 cm³/mol. The molecule has 0 unspecified atom stereocenters. The van der Waals surface area contributed by atoms with E-state index in [1.807, 2.05) is 30.1 Å². The van der Waals surface area contributed by atoms with E-state index < -0.39 is 0 Å². The number of benzene rings is 2. The van der Waals surface area contributed by atoms with Crippen molar-refractivity contribution >= 4 is 34.8 Å². The van der Waals surface area contributed by atoms with Gasteiger partial charge in [-0.15, -0.1) is 0 Å². The van der Waals surface area contributed by atoms with E-state index in [2.05, 4.69) is 0 Å². The summed E-state index contributed by atoms with van der Waals surface area (Å²) >= 11 is 6.01. The van der Waals surface area contributed by atoms with Crippen LogP contribution in [0.1, 0.15) is 10.4 Å². The molecular weight excluding hydrogens is 366 g/mol. The molecule has 142 valence electrons. The van der Waals surface area contributed by atoms with Gasteiger partial charge in [-0.3, -0.25) is 9.59 Å². The average Bonchev–Trinajstić information content (AvgIpc) is 2.67. The molecule has 1 saturated heterocycles. The van der Waals surface area contributed by atoms with Crippen LogP contribution >= 0.6 is 11.6 Å². The van der Waals surface area contributed by atoms with E-state index >= 15 is 0 Å². The SMILES string of the molecule is CN(CCO)c1ccc(C(=O)N2CCN(c3cccc(Cl)c3)C(=O)C2)cc1. The van der Waals surface area contributed by atoms with Crippen LogP contribution in [0, 0.1) is 0 Å². The van der Waals surface area contributed by atoms with E-state index in [0.717, 1.165) is 11.4 Å². The molecule has 0 atom stereocenters. The summed E-state index contributed by atoms with van der Waals surface area (Å²) in [6.45, 7) is 1.52. The molecule has 0 radical (unpaired) electrons. The molecule has 27 heavy (non-hydrogen) atoms. The van der Waals surface area contributed by atoms with Crippen LogP contribution in [0.25, 0.3) is 0 Å². The Morgan fingerprint density at radius 1 is 1.19 bits per heavy atom. The van der Waals surface area contributed by atoms with Crippen molar-refractivity contribution < 1.29 is 14.7 Å². The van der Waals surface area contributed by atoms with Gasteiger partial charge in [-0.1, -0.05) is 17.7 Å². The number of rotatable bonds is 5. The van der Waals surface area contributed by atoms with E-state index in [9.17, 15) is 9.59 Å². The van der Waals surface area contributed by atoms with Crippen LogP contribution in [0.2, 0.25) is 5.02 Å². The number of hydrogen-bond acceptors (Lipinski definition) is 4. The van der Waals surface area contributed by atoms with E-state index in [0.29, 0.717) is 30.2 Å². The summed E-state index contributed by atoms with van der Waals surface area (Å²) in [5.41, 5.74) is 2.21. The van der Waals surface area contributed by atoms with Gasteiger partial charge in [0.1, 0.15) is 6.54 Å². The van der Waals surface area contributed by atoms with Gasteiger partial charge >= 0.3 is 0 Å². The minimum absolute atomic E-state index is 0.0392. The van der Waals surface area contributed by atoms with Gasteiger partial charge < -0.3 is 19.8 Å². The Labute approximate surface area is 163 Å². The monoisotopic (exact) mass is 387 g/mol. The highest BCUT2D eigenvalue weighted by atomic mass is 35.5. The van der Waals surface area contributed by atoms with Crippen molar-refractivity contribution in [3.8, 4) is 0 Å². The third-order valence-corrected chi connectivity index (χ3v) is 4.85. The van der Waals surface area contributed by atoms with E-state index in [1.54, 1.807) is 40.1 Å². The fourth-order valence-electron chi connectivity index (χ4n) is 3.08. The summed E-state index contributed by atoms with van der Waals surface area (Å²) in [7, 11) is 1.88. The second-order valence-electron chi connectivity index (χ2n) is 6.44. The smallest absolute Gasteiger partial charge is 0.254 e. The minimum Gasteiger partial charge on any atom is -0.395 e. The maximum Gasteiger partial charge on any atom is 0.254 e. The number of carbonyl (C=O) groups excluding carboxylic acids is 2. The third-order valence-electron chi connectivity index (χ3n) is 4.62. The molecule has 2 amide bonds. The lowest BCUT2D eigenvalue weighted by molar-refractivity contribution is -0.120. The highest BCUT2D eigenvalue weighted by molar-refractivity contribution is 6.30. The highest BCUT2D eigenvalue weighted by Gasteiger charge is 2.28. The first-order valence-corrected chi connectivity index (χ1v) is 9.14. The quantitative estimate of drug-likeness (QED) is 0.854. The van der Waals surface area contributed by atoms with Crippen molar-refractivity contribution in [1.82, 2.24) is 4.90 Å².